The van der Waals surface area contributed by atoms with Gasteiger partial charge in [-0.05, 0) is 42.0 Å². The molecular formula is C15H11Br2NOS. The number of nitrogens with zero attached hydrogens (tertiary/aromatic N) is 1. The molecule has 0 N–H and O–H groups in total. The number of rotatable bonds is 2. The predicted molar refractivity (Wildman–Crippen MR) is 91.0 cm³/mol. The molecule has 20 heavy (non-hydrogen) atoms. The minimum atomic E-state index is 0.0526. The second-order valence-corrected chi connectivity index (χ2v) is 7.35. The number of thioether (sulfide) groups is 1. The molecule has 3 rings (SSSR count). The molecule has 2 nitrogen and oxygen atoms in total. The Bertz CT molecular complexity index is 627. The first-order valence-electron chi connectivity index (χ1n) is 6.10. The van der Waals surface area contributed by atoms with Crippen molar-refractivity contribution in [2.75, 3.05) is 10.7 Å². The van der Waals surface area contributed by atoms with Crippen molar-refractivity contribution < 1.29 is 4.79 Å². The second kappa shape index (κ2) is 5.92. The number of hydrogen-bond donors (Lipinski definition) is 0. The number of carbonyl (C=O) groups excluding carboxylic acids is 1. The fourth-order valence-corrected chi connectivity index (χ4v) is 3.89. The monoisotopic (exact) mass is 411 g/mol. The first-order chi connectivity index (χ1) is 9.65. The Balaban J connectivity index is 1.96. The van der Waals surface area contributed by atoms with Gasteiger partial charge in [-0.25, -0.2) is 0 Å². The second-order valence-electron chi connectivity index (χ2n) is 4.46. The van der Waals surface area contributed by atoms with E-state index >= 15 is 0 Å². The van der Waals surface area contributed by atoms with E-state index in [0.29, 0.717) is 5.75 Å². The van der Waals surface area contributed by atoms with Crippen LogP contribution < -0.4 is 4.90 Å². The zero-order valence-corrected chi connectivity index (χ0v) is 14.4. The number of halogens is 2. The summed E-state index contributed by atoms with van der Waals surface area (Å²) in [6.45, 7) is 0. The molecule has 1 aliphatic rings. The Morgan fingerprint density at radius 2 is 1.50 bits per heavy atom. The maximum atomic E-state index is 12.2. The average molecular weight is 413 g/mol. The first kappa shape index (κ1) is 14.2. The molecule has 1 heterocycles. The smallest absolute Gasteiger partial charge is 0.238 e. The fourth-order valence-electron chi connectivity index (χ4n) is 2.18. The molecule has 102 valence electrons. The maximum absolute atomic E-state index is 12.2. The van der Waals surface area contributed by atoms with Crippen molar-refractivity contribution >= 4 is 55.2 Å². The van der Waals surface area contributed by atoms with Crippen LogP contribution in [0.5, 0.6) is 0 Å². The molecule has 5 heteroatoms. The first-order valence-corrected chi connectivity index (χ1v) is 8.73. The summed E-state index contributed by atoms with van der Waals surface area (Å²) in [4.78, 5) is 14.1. The molecule has 0 unspecified atom stereocenters. The van der Waals surface area contributed by atoms with E-state index in [2.05, 4.69) is 44.0 Å². The topological polar surface area (TPSA) is 20.3 Å². The minimum Gasteiger partial charge on any atom is -0.295 e. The number of anilines is 1. The van der Waals surface area contributed by atoms with Crippen LogP contribution >= 0.6 is 43.6 Å². The van der Waals surface area contributed by atoms with Crippen molar-refractivity contribution in [3.05, 3.63) is 63.0 Å². The van der Waals surface area contributed by atoms with Crippen LogP contribution in [0.4, 0.5) is 5.69 Å². The molecule has 0 bridgehead atoms. The van der Waals surface area contributed by atoms with Crippen LogP contribution in [0, 0.1) is 0 Å². The molecule has 0 aromatic heterocycles. The van der Waals surface area contributed by atoms with Crippen LogP contribution in [0.2, 0.25) is 0 Å². The number of hydrogen-bond acceptors (Lipinski definition) is 2. The van der Waals surface area contributed by atoms with Crippen LogP contribution in [0.15, 0.2) is 57.5 Å². The summed E-state index contributed by atoms with van der Waals surface area (Å²) in [6, 6.07) is 16.0. The zero-order chi connectivity index (χ0) is 14.1. The fraction of sp³-hybridized carbons (Fsp3) is 0.133. The van der Waals surface area contributed by atoms with Gasteiger partial charge in [-0.2, -0.15) is 0 Å². The summed E-state index contributed by atoms with van der Waals surface area (Å²) in [6.07, 6.45) is 0. The number of carbonyl (C=O) groups is 1. The van der Waals surface area contributed by atoms with Crippen molar-refractivity contribution in [1.82, 2.24) is 0 Å². The highest BCUT2D eigenvalue weighted by molar-refractivity contribution is 9.10. The van der Waals surface area contributed by atoms with E-state index in [4.69, 9.17) is 0 Å². The minimum absolute atomic E-state index is 0.0526. The van der Waals surface area contributed by atoms with E-state index in [-0.39, 0.29) is 11.3 Å². The Hall–Kier alpha value is -0.780. The normalized spacial score (nSPS) is 18.6. The lowest BCUT2D eigenvalue weighted by molar-refractivity contribution is -0.115. The van der Waals surface area contributed by atoms with Crippen molar-refractivity contribution in [1.29, 1.82) is 0 Å². The van der Waals surface area contributed by atoms with Gasteiger partial charge in [0.1, 0.15) is 5.37 Å². The highest BCUT2D eigenvalue weighted by Gasteiger charge is 2.33. The standard InChI is InChI=1S/C15H11Br2NOS/c16-11-3-1-10(2-4-11)15-18(14(19)9-20-15)13-7-5-12(17)6-8-13/h1-8,15H,9H2/t15-/m1/s1. The molecule has 0 radical (unpaired) electrons. The van der Waals surface area contributed by atoms with Gasteiger partial charge in [-0.1, -0.05) is 44.0 Å². The van der Waals surface area contributed by atoms with Crippen LogP contribution in [-0.4, -0.2) is 11.7 Å². The summed E-state index contributed by atoms with van der Waals surface area (Å²) in [5.41, 5.74) is 2.09. The van der Waals surface area contributed by atoms with Gasteiger partial charge in [-0.3, -0.25) is 9.69 Å². The van der Waals surface area contributed by atoms with Gasteiger partial charge in [0.2, 0.25) is 5.91 Å². The largest absolute Gasteiger partial charge is 0.295 e. The van der Waals surface area contributed by atoms with E-state index in [1.54, 1.807) is 11.8 Å². The maximum Gasteiger partial charge on any atom is 0.238 e. The van der Waals surface area contributed by atoms with Gasteiger partial charge in [0, 0.05) is 14.6 Å². The Morgan fingerprint density at radius 1 is 0.950 bits per heavy atom. The summed E-state index contributed by atoms with van der Waals surface area (Å²) in [7, 11) is 0. The number of benzene rings is 2. The van der Waals surface area contributed by atoms with Crippen LogP contribution in [-0.2, 0) is 4.79 Å². The Kier molecular flexibility index (Phi) is 4.19. The van der Waals surface area contributed by atoms with Crippen LogP contribution in [0.3, 0.4) is 0 Å². The summed E-state index contributed by atoms with van der Waals surface area (Å²) in [5.74, 6) is 0.682. The van der Waals surface area contributed by atoms with Gasteiger partial charge in [0.15, 0.2) is 0 Å². The van der Waals surface area contributed by atoms with Crippen molar-refractivity contribution in [2.45, 2.75) is 5.37 Å². The third-order valence-corrected chi connectivity index (χ3v) is 5.40. The Morgan fingerprint density at radius 3 is 2.10 bits per heavy atom. The predicted octanol–water partition coefficient (Wildman–Crippen LogP) is 4.99. The molecule has 0 spiro atoms. The molecule has 1 saturated heterocycles. The van der Waals surface area contributed by atoms with Gasteiger partial charge < -0.3 is 0 Å². The van der Waals surface area contributed by atoms with Gasteiger partial charge in [0.05, 0.1) is 5.75 Å². The van der Waals surface area contributed by atoms with Crippen molar-refractivity contribution in [3.8, 4) is 0 Å². The number of amides is 1. The van der Waals surface area contributed by atoms with Crippen LogP contribution in [0.1, 0.15) is 10.9 Å². The highest BCUT2D eigenvalue weighted by atomic mass is 79.9. The summed E-state index contributed by atoms with van der Waals surface area (Å²) >= 11 is 8.53. The van der Waals surface area contributed by atoms with Crippen molar-refractivity contribution in [3.63, 3.8) is 0 Å². The molecule has 1 atom stereocenters. The molecule has 0 saturated carbocycles. The quantitative estimate of drug-likeness (QED) is 0.692. The zero-order valence-electron chi connectivity index (χ0n) is 10.4. The third-order valence-electron chi connectivity index (χ3n) is 3.13. The van der Waals surface area contributed by atoms with Gasteiger partial charge in [0.25, 0.3) is 0 Å². The summed E-state index contributed by atoms with van der Waals surface area (Å²) < 4.78 is 2.06. The molecule has 2 aromatic rings. The molecule has 1 amide bonds. The van der Waals surface area contributed by atoms with E-state index in [1.165, 1.54) is 0 Å². The molecule has 1 fully saturated rings. The SMILES string of the molecule is O=C1CS[C@H](c2ccc(Br)cc2)N1c1ccc(Br)cc1. The van der Waals surface area contributed by atoms with E-state index < -0.39 is 0 Å². The highest BCUT2D eigenvalue weighted by Crippen LogP contribution is 2.42. The lowest BCUT2D eigenvalue weighted by Gasteiger charge is -2.24. The third kappa shape index (κ3) is 2.80. The van der Waals surface area contributed by atoms with Gasteiger partial charge >= 0.3 is 0 Å². The summed E-state index contributed by atoms with van der Waals surface area (Å²) in [5, 5.41) is 0.0526. The molecule has 1 aliphatic heterocycles. The molecule has 0 aliphatic carbocycles. The molecule has 2 aromatic carbocycles. The van der Waals surface area contributed by atoms with E-state index in [9.17, 15) is 4.79 Å². The molecular weight excluding hydrogens is 402 g/mol. The average Bonchev–Trinajstić information content (AvgIpc) is 2.83. The Labute approximate surface area is 138 Å². The lowest BCUT2D eigenvalue weighted by Crippen LogP contribution is -2.27. The van der Waals surface area contributed by atoms with E-state index in [1.807, 2.05) is 41.3 Å². The lowest BCUT2D eigenvalue weighted by atomic mass is 10.2. The van der Waals surface area contributed by atoms with E-state index in [0.717, 1.165) is 20.2 Å². The van der Waals surface area contributed by atoms with Crippen LogP contribution in [0.25, 0.3) is 0 Å². The van der Waals surface area contributed by atoms with Crippen molar-refractivity contribution in [2.24, 2.45) is 0 Å². The van der Waals surface area contributed by atoms with Gasteiger partial charge in [-0.15, -0.1) is 11.8 Å².